The number of hydrogen-bond donors (Lipinski definition) is 0. The molecule has 0 spiro atoms. The highest BCUT2D eigenvalue weighted by Crippen LogP contribution is 2.30. The third-order valence-electron chi connectivity index (χ3n) is 6.05. The van der Waals surface area contributed by atoms with E-state index in [0.717, 1.165) is 18.8 Å². The molecule has 216 valence electrons. The zero-order valence-corrected chi connectivity index (χ0v) is 27.4. The largest absolute Gasteiger partial charge is 0.100 e. The first-order chi connectivity index (χ1) is 18.8. The van der Waals surface area contributed by atoms with Crippen LogP contribution in [0.3, 0.4) is 0 Å². The lowest BCUT2D eigenvalue weighted by Gasteiger charge is -2.13. The third kappa shape index (κ3) is 18.1. The summed E-state index contributed by atoms with van der Waals surface area (Å²) in [5.41, 5.74) is 9.23. The van der Waals surface area contributed by atoms with Gasteiger partial charge in [-0.15, -0.1) is 6.58 Å². The van der Waals surface area contributed by atoms with Gasteiger partial charge in [0.2, 0.25) is 0 Å². The molecule has 0 heterocycles. The van der Waals surface area contributed by atoms with Crippen molar-refractivity contribution in [1.82, 2.24) is 0 Å². The number of aryl methyl sites for hydroxylation is 2. The van der Waals surface area contributed by atoms with Crippen LogP contribution in [0.4, 0.5) is 0 Å². The molecule has 1 unspecified atom stereocenters. The zero-order valence-electron chi connectivity index (χ0n) is 27.4. The highest BCUT2D eigenvalue weighted by Gasteiger charge is 2.08. The molecule has 1 atom stereocenters. The van der Waals surface area contributed by atoms with Crippen molar-refractivity contribution in [3.05, 3.63) is 119 Å². The molecular weight excluding hydrogens is 468 g/mol. The van der Waals surface area contributed by atoms with Crippen LogP contribution < -0.4 is 0 Å². The molecule has 0 radical (unpaired) electrons. The molecule has 2 rings (SSSR count). The molecule has 0 aliphatic rings. The second kappa shape index (κ2) is 25.4. The van der Waals surface area contributed by atoms with Crippen molar-refractivity contribution in [2.24, 2.45) is 5.92 Å². The molecule has 0 fully saturated rings. The van der Waals surface area contributed by atoms with Gasteiger partial charge in [-0.1, -0.05) is 143 Å². The molecule has 0 N–H and O–H groups in total. The van der Waals surface area contributed by atoms with Crippen LogP contribution in [0.25, 0.3) is 11.1 Å². The van der Waals surface area contributed by atoms with Gasteiger partial charge in [-0.2, -0.15) is 0 Å². The average Bonchev–Trinajstić information content (AvgIpc) is 2.95. The Morgan fingerprint density at radius 2 is 1.28 bits per heavy atom. The van der Waals surface area contributed by atoms with Crippen molar-refractivity contribution in [2.45, 2.75) is 108 Å². The third-order valence-corrected chi connectivity index (χ3v) is 6.05. The van der Waals surface area contributed by atoms with Gasteiger partial charge in [0.1, 0.15) is 0 Å². The van der Waals surface area contributed by atoms with Crippen LogP contribution in [0.1, 0.15) is 117 Å². The fourth-order valence-corrected chi connectivity index (χ4v) is 3.83. The Bertz CT molecular complexity index is 975. The maximum Gasteiger partial charge on any atom is -0.0149 e. The fraction of sp³-hybridized carbons (Fsp3) is 0.436. The van der Waals surface area contributed by atoms with Crippen LogP contribution in [-0.4, -0.2) is 0 Å². The van der Waals surface area contributed by atoms with Crippen molar-refractivity contribution in [3.8, 4) is 0 Å². The van der Waals surface area contributed by atoms with Crippen molar-refractivity contribution in [2.75, 3.05) is 0 Å². The van der Waals surface area contributed by atoms with Gasteiger partial charge in [0.05, 0.1) is 0 Å². The van der Waals surface area contributed by atoms with E-state index in [1.807, 2.05) is 27.7 Å². The van der Waals surface area contributed by atoms with Crippen LogP contribution in [0.2, 0.25) is 0 Å². The van der Waals surface area contributed by atoms with E-state index in [2.05, 4.69) is 140 Å². The molecular formula is C39H60. The van der Waals surface area contributed by atoms with Crippen molar-refractivity contribution >= 4 is 11.1 Å². The van der Waals surface area contributed by atoms with Crippen LogP contribution in [0.5, 0.6) is 0 Å². The van der Waals surface area contributed by atoms with E-state index in [4.69, 9.17) is 0 Å². The Morgan fingerprint density at radius 3 is 1.72 bits per heavy atom. The van der Waals surface area contributed by atoms with Gasteiger partial charge in [0, 0.05) is 0 Å². The number of benzene rings is 2. The number of rotatable bonds is 11. The molecule has 0 nitrogen and oxygen atoms in total. The summed E-state index contributed by atoms with van der Waals surface area (Å²) in [5.74, 6) is 0.786. The van der Waals surface area contributed by atoms with Crippen LogP contribution >= 0.6 is 0 Å². The molecule has 0 bridgehead atoms. The molecule has 0 aromatic heterocycles. The Morgan fingerprint density at radius 1 is 0.769 bits per heavy atom. The lowest BCUT2D eigenvalue weighted by Crippen LogP contribution is -1.92. The first-order valence-electron chi connectivity index (χ1n) is 15.2. The number of allylic oxidation sites excluding steroid dienone is 9. The van der Waals surface area contributed by atoms with E-state index in [0.29, 0.717) is 0 Å². The first-order valence-corrected chi connectivity index (χ1v) is 15.2. The SMILES string of the molecule is C/C=C\C(=C(/CC)c1ccc(C)cc1)c1ccc(C)cc1.C=C(C)CCC(C)C/C=C\C/C=C/C.CC.CC. The summed E-state index contributed by atoms with van der Waals surface area (Å²) in [5, 5.41) is 0. The zero-order chi connectivity index (χ0) is 30.1. The van der Waals surface area contributed by atoms with Gasteiger partial charge in [0.15, 0.2) is 0 Å². The van der Waals surface area contributed by atoms with E-state index in [9.17, 15) is 0 Å². The lowest BCUT2D eigenvalue weighted by molar-refractivity contribution is 0.539. The monoisotopic (exact) mass is 528 g/mol. The van der Waals surface area contributed by atoms with E-state index in [1.54, 1.807) is 0 Å². The van der Waals surface area contributed by atoms with Gasteiger partial charge in [-0.05, 0) is 94.9 Å². The van der Waals surface area contributed by atoms with Gasteiger partial charge in [-0.3, -0.25) is 0 Å². The average molecular weight is 529 g/mol. The van der Waals surface area contributed by atoms with E-state index in [-0.39, 0.29) is 0 Å². The van der Waals surface area contributed by atoms with E-state index >= 15 is 0 Å². The molecule has 0 amide bonds. The highest BCUT2D eigenvalue weighted by molar-refractivity contribution is 5.95. The van der Waals surface area contributed by atoms with Crippen LogP contribution in [-0.2, 0) is 0 Å². The summed E-state index contributed by atoms with van der Waals surface area (Å²) in [6.45, 7) is 27.0. The Hall–Kier alpha value is -2.86. The number of hydrogen-bond acceptors (Lipinski definition) is 0. The minimum atomic E-state index is 0.786. The van der Waals surface area contributed by atoms with Crippen LogP contribution in [0.15, 0.2) is 97.1 Å². The standard InChI is InChI=1S/C21H24.C14H24.2C2H6/c1-5-7-21(19-14-10-17(4)11-15-19)20(6-2)18-12-8-16(3)9-13-18;1-5-6-7-8-9-10-14(4)12-11-13(2)3;2*1-2/h5,7-15H,6H2,1-4H3;5-6,8-9,14H,2,7,10-12H2,1,3-4H3;2*1-2H3/b7-5-,21-20-;6-5+,9-8-;;. The van der Waals surface area contributed by atoms with Gasteiger partial charge in [-0.25, -0.2) is 0 Å². The predicted molar refractivity (Wildman–Crippen MR) is 183 cm³/mol. The Kier molecular flexibility index (Phi) is 25.0. The summed E-state index contributed by atoms with van der Waals surface area (Å²) in [6, 6.07) is 17.6. The lowest BCUT2D eigenvalue weighted by atomic mass is 9.92. The molecule has 2 aromatic carbocycles. The second-order valence-corrected chi connectivity index (χ2v) is 9.59. The Labute approximate surface area is 244 Å². The minimum Gasteiger partial charge on any atom is -0.100 e. The Balaban J connectivity index is 0. The van der Waals surface area contributed by atoms with E-state index in [1.165, 1.54) is 58.2 Å². The smallest absolute Gasteiger partial charge is 0.0149 e. The summed E-state index contributed by atoms with van der Waals surface area (Å²) in [7, 11) is 0. The molecule has 0 aliphatic carbocycles. The van der Waals surface area contributed by atoms with Crippen molar-refractivity contribution < 1.29 is 0 Å². The summed E-state index contributed by atoms with van der Waals surface area (Å²) in [4.78, 5) is 0. The van der Waals surface area contributed by atoms with E-state index < -0.39 is 0 Å². The molecule has 39 heavy (non-hydrogen) atoms. The van der Waals surface area contributed by atoms with Crippen molar-refractivity contribution in [3.63, 3.8) is 0 Å². The van der Waals surface area contributed by atoms with Gasteiger partial charge < -0.3 is 0 Å². The molecule has 0 saturated carbocycles. The molecule has 0 aliphatic heterocycles. The first kappa shape index (κ1) is 38.3. The van der Waals surface area contributed by atoms with Crippen molar-refractivity contribution in [1.29, 1.82) is 0 Å². The maximum atomic E-state index is 3.92. The molecule has 0 saturated heterocycles. The summed E-state index contributed by atoms with van der Waals surface area (Å²) >= 11 is 0. The maximum absolute atomic E-state index is 3.92. The fourth-order valence-electron chi connectivity index (χ4n) is 3.83. The minimum absolute atomic E-state index is 0.786. The predicted octanol–water partition coefficient (Wildman–Crippen LogP) is 13.1. The quantitative estimate of drug-likeness (QED) is 0.154. The summed E-state index contributed by atoms with van der Waals surface area (Å²) < 4.78 is 0. The molecule has 2 aromatic rings. The highest BCUT2D eigenvalue weighted by atomic mass is 14.1. The van der Waals surface area contributed by atoms with Gasteiger partial charge in [0.25, 0.3) is 0 Å². The second-order valence-electron chi connectivity index (χ2n) is 9.59. The van der Waals surface area contributed by atoms with Gasteiger partial charge >= 0.3 is 0 Å². The van der Waals surface area contributed by atoms with Crippen LogP contribution in [0, 0.1) is 19.8 Å². The normalized spacial score (nSPS) is 12.1. The molecule has 0 heteroatoms. The topological polar surface area (TPSA) is 0 Å². The summed E-state index contributed by atoms with van der Waals surface area (Å²) in [6.07, 6.45) is 18.9.